The molecule has 0 fully saturated rings. The number of furan rings is 1. The third-order valence-electron chi connectivity index (χ3n) is 5.73. The number of benzene rings is 1. The molecule has 3 rings (SSSR count). The van der Waals surface area contributed by atoms with Crippen molar-refractivity contribution in [3.63, 3.8) is 0 Å². The Morgan fingerprint density at radius 3 is 2.59 bits per heavy atom. The molecular formula is C25H32ClN3O3. The molecule has 0 unspecified atom stereocenters. The van der Waals surface area contributed by atoms with Crippen molar-refractivity contribution in [2.24, 2.45) is 0 Å². The second-order valence-corrected chi connectivity index (χ2v) is 8.88. The van der Waals surface area contributed by atoms with E-state index in [9.17, 15) is 4.79 Å². The van der Waals surface area contributed by atoms with Gasteiger partial charge in [-0.05, 0) is 69.0 Å². The number of hydrogen-bond acceptors (Lipinski definition) is 4. The number of hydrogen-bond donors (Lipinski definition) is 0. The molecule has 2 aromatic heterocycles. The van der Waals surface area contributed by atoms with Gasteiger partial charge in [0.2, 0.25) is 0 Å². The predicted octanol–water partition coefficient (Wildman–Crippen LogP) is 6.05. The first-order valence-electron chi connectivity index (χ1n) is 10.9. The summed E-state index contributed by atoms with van der Waals surface area (Å²) in [6, 6.07) is 7.38. The van der Waals surface area contributed by atoms with E-state index in [-0.39, 0.29) is 18.4 Å². The Hall–Kier alpha value is -2.73. The Morgan fingerprint density at radius 2 is 1.97 bits per heavy atom. The Bertz CT molecular complexity index is 1110. The lowest BCUT2D eigenvalue weighted by Crippen LogP contribution is -2.26. The number of halogens is 1. The lowest BCUT2D eigenvalue weighted by Gasteiger charge is -2.16. The van der Waals surface area contributed by atoms with Crippen molar-refractivity contribution >= 4 is 17.5 Å². The monoisotopic (exact) mass is 457 g/mol. The van der Waals surface area contributed by atoms with Crippen LogP contribution in [0.2, 0.25) is 5.02 Å². The zero-order valence-corrected chi connectivity index (χ0v) is 20.7. The van der Waals surface area contributed by atoms with Crippen LogP contribution in [-0.4, -0.2) is 27.6 Å². The standard InChI is InChI=1S/C25H32ClN3O3/c1-8-29-18(6)21(17(5)27-29)13-28(7)25(30)23-10-9-19(32-23)14-31-24-11-16(4)22(26)12-20(24)15(2)3/h9-12,15H,8,13-14H2,1-7H3. The van der Waals surface area contributed by atoms with Gasteiger partial charge in [0.25, 0.3) is 5.91 Å². The van der Waals surface area contributed by atoms with E-state index in [0.29, 0.717) is 18.1 Å². The molecule has 1 aromatic carbocycles. The quantitative estimate of drug-likeness (QED) is 0.413. The Kier molecular flexibility index (Phi) is 7.34. The second-order valence-electron chi connectivity index (χ2n) is 8.47. The number of nitrogens with zero attached hydrogens (tertiary/aromatic N) is 3. The molecule has 6 nitrogen and oxygen atoms in total. The van der Waals surface area contributed by atoms with Crippen LogP contribution in [0.3, 0.4) is 0 Å². The molecule has 0 aliphatic heterocycles. The molecular weight excluding hydrogens is 426 g/mol. The lowest BCUT2D eigenvalue weighted by molar-refractivity contribution is 0.0749. The van der Waals surface area contributed by atoms with Crippen LogP contribution in [-0.2, 0) is 19.7 Å². The predicted molar refractivity (Wildman–Crippen MR) is 126 cm³/mol. The molecule has 0 spiro atoms. The summed E-state index contributed by atoms with van der Waals surface area (Å²) in [6.45, 7) is 13.7. The highest BCUT2D eigenvalue weighted by Gasteiger charge is 2.20. The minimum absolute atomic E-state index is 0.176. The molecule has 1 amide bonds. The van der Waals surface area contributed by atoms with Crippen molar-refractivity contribution in [1.82, 2.24) is 14.7 Å². The maximum atomic E-state index is 12.9. The first-order valence-corrected chi connectivity index (χ1v) is 11.3. The summed E-state index contributed by atoms with van der Waals surface area (Å²) in [5, 5.41) is 5.26. The fraction of sp³-hybridized carbons (Fsp3) is 0.440. The zero-order chi connectivity index (χ0) is 23.6. The van der Waals surface area contributed by atoms with Crippen LogP contribution < -0.4 is 4.74 Å². The van der Waals surface area contributed by atoms with E-state index in [4.69, 9.17) is 20.8 Å². The number of aromatic nitrogens is 2. The SMILES string of the molecule is CCn1nc(C)c(CN(C)C(=O)c2ccc(COc3cc(C)c(Cl)cc3C(C)C)o2)c1C. The van der Waals surface area contributed by atoms with Crippen molar-refractivity contribution in [3.05, 3.63) is 68.9 Å². The van der Waals surface area contributed by atoms with E-state index in [2.05, 4.69) is 25.9 Å². The van der Waals surface area contributed by atoms with E-state index >= 15 is 0 Å². The van der Waals surface area contributed by atoms with Gasteiger partial charge in [-0.1, -0.05) is 25.4 Å². The van der Waals surface area contributed by atoms with Gasteiger partial charge in [0.15, 0.2) is 5.76 Å². The van der Waals surface area contributed by atoms with Crippen LogP contribution in [0.25, 0.3) is 0 Å². The molecule has 0 aliphatic rings. The number of aryl methyl sites for hydroxylation is 3. The molecule has 0 atom stereocenters. The lowest BCUT2D eigenvalue weighted by atomic mass is 10.0. The van der Waals surface area contributed by atoms with Crippen molar-refractivity contribution in [2.45, 2.75) is 67.2 Å². The van der Waals surface area contributed by atoms with Crippen LogP contribution in [0.1, 0.15) is 71.1 Å². The van der Waals surface area contributed by atoms with Gasteiger partial charge in [0.05, 0.1) is 5.69 Å². The van der Waals surface area contributed by atoms with Crippen LogP contribution in [0.5, 0.6) is 5.75 Å². The van der Waals surface area contributed by atoms with Crippen LogP contribution in [0, 0.1) is 20.8 Å². The van der Waals surface area contributed by atoms with Crippen molar-refractivity contribution in [2.75, 3.05) is 7.05 Å². The Balaban J connectivity index is 1.69. The van der Waals surface area contributed by atoms with Gasteiger partial charge in [-0.25, -0.2) is 0 Å². The first kappa shape index (κ1) is 23.9. The van der Waals surface area contributed by atoms with Crippen molar-refractivity contribution in [3.8, 4) is 5.75 Å². The highest BCUT2D eigenvalue weighted by atomic mass is 35.5. The summed E-state index contributed by atoms with van der Waals surface area (Å²) in [7, 11) is 1.77. The Labute approximate surface area is 195 Å². The summed E-state index contributed by atoms with van der Waals surface area (Å²) in [5.74, 6) is 1.76. The number of ether oxygens (including phenoxy) is 1. The Morgan fingerprint density at radius 1 is 1.25 bits per heavy atom. The summed E-state index contributed by atoms with van der Waals surface area (Å²) in [4.78, 5) is 14.6. The third-order valence-corrected chi connectivity index (χ3v) is 6.14. The summed E-state index contributed by atoms with van der Waals surface area (Å²) in [5.41, 5.74) is 5.09. The number of amides is 1. The summed E-state index contributed by atoms with van der Waals surface area (Å²) >= 11 is 6.28. The van der Waals surface area contributed by atoms with Gasteiger partial charge in [0, 0.05) is 36.4 Å². The molecule has 0 bridgehead atoms. The van der Waals surface area contributed by atoms with Crippen LogP contribution in [0.4, 0.5) is 0 Å². The maximum absolute atomic E-state index is 12.9. The van der Waals surface area contributed by atoms with Crippen LogP contribution >= 0.6 is 11.6 Å². The normalized spacial score (nSPS) is 11.3. The average molecular weight is 458 g/mol. The fourth-order valence-corrected chi connectivity index (χ4v) is 3.91. The topological polar surface area (TPSA) is 60.5 Å². The average Bonchev–Trinajstić information content (AvgIpc) is 3.33. The van der Waals surface area contributed by atoms with Gasteiger partial charge < -0.3 is 14.1 Å². The van der Waals surface area contributed by atoms with E-state index < -0.39 is 0 Å². The molecule has 0 N–H and O–H groups in total. The molecule has 0 aliphatic carbocycles. The first-order chi connectivity index (χ1) is 15.1. The van der Waals surface area contributed by atoms with Gasteiger partial charge in [0.1, 0.15) is 18.1 Å². The third kappa shape index (κ3) is 5.01. The maximum Gasteiger partial charge on any atom is 0.289 e. The smallest absolute Gasteiger partial charge is 0.289 e. The van der Waals surface area contributed by atoms with Crippen molar-refractivity contribution < 1.29 is 13.9 Å². The van der Waals surface area contributed by atoms with Crippen LogP contribution in [0.15, 0.2) is 28.7 Å². The number of carbonyl (C=O) groups excluding carboxylic acids is 1. The molecule has 7 heteroatoms. The number of carbonyl (C=O) groups is 1. The molecule has 172 valence electrons. The van der Waals surface area contributed by atoms with Gasteiger partial charge in [-0.2, -0.15) is 5.10 Å². The molecule has 0 saturated heterocycles. The molecule has 2 heterocycles. The minimum atomic E-state index is -0.176. The van der Waals surface area contributed by atoms with E-state index in [0.717, 1.165) is 45.4 Å². The minimum Gasteiger partial charge on any atom is -0.485 e. The summed E-state index contributed by atoms with van der Waals surface area (Å²) in [6.07, 6.45) is 0. The molecule has 32 heavy (non-hydrogen) atoms. The fourth-order valence-electron chi connectivity index (χ4n) is 3.73. The zero-order valence-electron chi connectivity index (χ0n) is 20.0. The van der Waals surface area contributed by atoms with Crippen molar-refractivity contribution in [1.29, 1.82) is 0 Å². The molecule has 0 saturated carbocycles. The van der Waals surface area contributed by atoms with E-state index in [1.165, 1.54) is 0 Å². The highest BCUT2D eigenvalue weighted by Crippen LogP contribution is 2.32. The molecule has 0 radical (unpaired) electrons. The van der Waals surface area contributed by atoms with Gasteiger partial charge in [-0.3, -0.25) is 9.48 Å². The van der Waals surface area contributed by atoms with E-state index in [1.54, 1.807) is 24.1 Å². The second kappa shape index (κ2) is 9.82. The summed E-state index contributed by atoms with van der Waals surface area (Å²) < 4.78 is 13.8. The largest absolute Gasteiger partial charge is 0.485 e. The van der Waals surface area contributed by atoms with Gasteiger partial charge in [-0.15, -0.1) is 0 Å². The van der Waals surface area contributed by atoms with Gasteiger partial charge >= 0.3 is 0 Å². The highest BCUT2D eigenvalue weighted by molar-refractivity contribution is 6.31. The molecule has 3 aromatic rings. The van der Waals surface area contributed by atoms with E-state index in [1.807, 2.05) is 37.6 Å². The number of rotatable bonds is 8.